The summed E-state index contributed by atoms with van der Waals surface area (Å²) in [5, 5.41) is 0. The highest BCUT2D eigenvalue weighted by Gasteiger charge is 2.12. The van der Waals surface area contributed by atoms with Crippen molar-refractivity contribution in [3.63, 3.8) is 0 Å². The second-order valence-corrected chi connectivity index (χ2v) is 4.08. The van der Waals surface area contributed by atoms with Crippen LogP contribution in [0.1, 0.15) is 24.1 Å². The van der Waals surface area contributed by atoms with Crippen molar-refractivity contribution in [3.8, 4) is 5.75 Å². The Morgan fingerprint density at radius 2 is 2.06 bits per heavy atom. The molecular formula is C12H18N2O2. The Kier molecular flexibility index (Phi) is 3.90. The van der Waals surface area contributed by atoms with Crippen molar-refractivity contribution in [2.24, 2.45) is 5.73 Å². The van der Waals surface area contributed by atoms with E-state index >= 15 is 0 Å². The minimum atomic E-state index is -0.785. The highest BCUT2D eigenvalue weighted by Crippen LogP contribution is 2.25. The van der Waals surface area contributed by atoms with Crippen molar-refractivity contribution in [2.45, 2.75) is 19.9 Å². The Morgan fingerprint density at radius 1 is 1.44 bits per heavy atom. The van der Waals surface area contributed by atoms with Crippen molar-refractivity contribution >= 4 is 6.09 Å². The normalized spacial score (nSPS) is 12.6. The molecule has 0 aliphatic carbocycles. The van der Waals surface area contributed by atoms with Gasteiger partial charge in [-0.05, 0) is 51.2 Å². The lowest BCUT2D eigenvalue weighted by atomic mass is 10.0. The second-order valence-electron chi connectivity index (χ2n) is 4.08. The highest BCUT2D eigenvalue weighted by atomic mass is 16.5. The third kappa shape index (κ3) is 2.97. The zero-order chi connectivity index (χ0) is 12.3. The molecule has 0 aromatic heterocycles. The molecule has 1 atom stereocenters. The van der Waals surface area contributed by atoms with Crippen molar-refractivity contribution in [1.82, 2.24) is 4.90 Å². The molecular weight excluding hydrogens is 204 g/mol. The molecule has 0 fully saturated rings. The van der Waals surface area contributed by atoms with Gasteiger partial charge in [0.2, 0.25) is 0 Å². The number of hydrogen-bond acceptors (Lipinski definition) is 3. The van der Waals surface area contributed by atoms with E-state index in [1.807, 2.05) is 33.2 Å². The fraction of sp³-hybridized carbons (Fsp3) is 0.417. The summed E-state index contributed by atoms with van der Waals surface area (Å²) >= 11 is 0. The summed E-state index contributed by atoms with van der Waals surface area (Å²) in [5.74, 6) is 0.488. The van der Waals surface area contributed by atoms with Crippen molar-refractivity contribution in [1.29, 1.82) is 0 Å². The average Bonchev–Trinajstić information content (AvgIpc) is 2.19. The molecule has 1 aromatic carbocycles. The van der Waals surface area contributed by atoms with E-state index in [0.29, 0.717) is 5.75 Å². The van der Waals surface area contributed by atoms with Crippen LogP contribution in [0.25, 0.3) is 0 Å². The summed E-state index contributed by atoms with van der Waals surface area (Å²) in [6.45, 7) is 4.12. The van der Waals surface area contributed by atoms with Crippen molar-refractivity contribution < 1.29 is 9.53 Å². The maximum Gasteiger partial charge on any atom is 0.409 e. The molecule has 88 valence electrons. The molecule has 0 bridgehead atoms. The van der Waals surface area contributed by atoms with E-state index in [1.54, 1.807) is 6.07 Å². The Hall–Kier alpha value is -1.55. The SMILES string of the molecule is Cc1ccc(OC(N)=O)cc1C(C)N(C)C. The summed E-state index contributed by atoms with van der Waals surface area (Å²) in [7, 11) is 4.01. The van der Waals surface area contributed by atoms with Gasteiger partial charge in [-0.1, -0.05) is 6.07 Å². The number of ether oxygens (including phenoxy) is 1. The largest absolute Gasteiger partial charge is 0.410 e. The van der Waals surface area contributed by atoms with Crippen LogP contribution in [0.2, 0.25) is 0 Å². The molecule has 4 heteroatoms. The molecule has 4 nitrogen and oxygen atoms in total. The van der Waals surface area contributed by atoms with Crippen LogP contribution in [-0.2, 0) is 0 Å². The molecule has 1 aromatic rings. The van der Waals surface area contributed by atoms with Gasteiger partial charge in [-0.2, -0.15) is 0 Å². The van der Waals surface area contributed by atoms with Crippen LogP contribution in [0.3, 0.4) is 0 Å². The van der Waals surface area contributed by atoms with E-state index < -0.39 is 6.09 Å². The smallest absolute Gasteiger partial charge is 0.409 e. The maximum atomic E-state index is 10.7. The number of amides is 1. The van der Waals surface area contributed by atoms with Gasteiger partial charge in [0.15, 0.2) is 0 Å². The Bertz CT molecular complexity index is 389. The number of hydrogen-bond donors (Lipinski definition) is 1. The van der Waals surface area contributed by atoms with Gasteiger partial charge in [-0.3, -0.25) is 0 Å². The molecule has 1 unspecified atom stereocenters. The van der Waals surface area contributed by atoms with Crippen LogP contribution in [0.5, 0.6) is 5.75 Å². The molecule has 1 amide bonds. The molecule has 16 heavy (non-hydrogen) atoms. The third-order valence-electron chi connectivity index (χ3n) is 2.69. The van der Waals surface area contributed by atoms with Gasteiger partial charge in [0.1, 0.15) is 5.75 Å². The molecule has 0 heterocycles. The summed E-state index contributed by atoms with van der Waals surface area (Å²) in [6.07, 6.45) is -0.785. The lowest BCUT2D eigenvalue weighted by Crippen LogP contribution is -2.19. The first-order chi connectivity index (χ1) is 7.41. The summed E-state index contributed by atoms with van der Waals surface area (Å²) < 4.78 is 4.86. The van der Waals surface area contributed by atoms with E-state index in [9.17, 15) is 4.79 Å². The Balaban J connectivity index is 3.03. The molecule has 0 saturated carbocycles. The third-order valence-corrected chi connectivity index (χ3v) is 2.69. The number of nitrogens with two attached hydrogens (primary N) is 1. The second kappa shape index (κ2) is 4.99. The van der Waals surface area contributed by atoms with Gasteiger partial charge in [-0.25, -0.2) is 4.79 Å². The number of benzene rings is 1. The first-order valence-electron chi connectivity index (χ1n) is 5.16. The predicted octanol–water partition coefficient (Wildman–Crippen LogP) is 2.08. The fourth-order valence-electron chi connectivity index (χ4n) is 1.53. The quantitative estimate of drug-likeness (QED) is 0.851. The highest BCUT2D eigenvalue weighted by molar-refractivity contribution is 5.68. The molecule has 0 aliphatic rings. The summed E-state index contributed by atoms with van der Waals surface area (Å²) in [5.41, 5.74) is 7.27. The molecule has 0 spiro atoms. The maximum absolute atomic E-state index is 10.7. The first-order valence-corrected chi connectivity index (χ1v) is 5.16. The van der Waals surface area contributed by atoms with Gasteiger partial charge >= 0.3 is 6.09 Å². The molecule has 0 saturated heterocycles. The lowest BCUT2D eigenvalue weighted by Gasteiger charge is -2.22. The van der Waals surface area contributed by atoms with Gasteiger partial charge in [-0.15, -0.1) is 0 Å². The number of primary amides is 1. The number of carbonyl (C=O) groups excluding carboxylic acids is 1. The zero-order valence-electron chi connectivity index (χ0n) is 10.2. The lowest BCUT2D eigenvalue weighted by molar-refractivity contribution is 0.210. The summed E-state index contributed by atoms with van der Waals surface area (Å²) in [4.78, 5) is 12.8. The van der Waals surface area contributed by atoms with E-state index in [4.69, 9.17) is 10.5 Å². The van der Waals surface area contributed by atoms with Gasteiger partial charge in [0, 0.05) is 6.04 Å². The Labute approximate surface area is 96.0 Å². The number of rotatable bonds is 3. The summed E-state index contributed by atoms with van der Waals surface area (Å²) in [6, 6.07) is 5.78. The van der Waals surface area contributed by atoms with Crippen LogP contribution in [0, 0.1) is 6.92 Å². The molecule has 0 aliphatic heterocycles. The van der Waals surface area contributed by atoms with Gasteiger partial charge in [0.25, 0.3) is 0 Å². The molecule has 1 rings (SSSR count). The fourth-order valence-corrected chi connectivity index (χ4v) is 1.53. The van der Waals surface area contributed by atoms with E-state index in [-0.39, 0.29) is 6.04 Å². The monoisotopic (exact) mass is 222 g/mol. The van der Waals surface area contributed by atoms with Gasteiger partial charge in [0.05, 0.1) is 0 Å². The van der Waals surface area contributed by atoms with Crippen molar-refractivity contribution in [3.05, 3.63) is 29.3 Å². The number of aryl methyl sites for hydroxylation is 1. The average molecular weight is 222 g/mol. The van der Waals surface area contributed by atoms with Crippen LogP contribution in [-0.4, -0.2) is 25.1 Å². The van der Waals surface area contributed by atoms with Crippen LogP contribution in [0.15, 0.2) is 18.2 Å². The standard InChI is InChI=1S/C12H18N2O2/c1-8-5-6-10(16-12(13)15)7-11(8)9(2)14(3)4/h5-7,9H,1-4H3,(H2,13,15). The van der Waals surface area contributed by atoms with Crippen molar-refractivity contribution in [2.75, 3.05) is 14.1 Å². The minimum Gasteiger partial charge on any atom is -0.410 e. The zero-order valence-corrected chi connectivity index (χ0v) is 10.2. The van der Waals surface area contributed by atoms with Crippen LogP contribution < -0.4 is 10.5 Å². The topological polar surface area (TPSA) is 55.6 Å². The number of nitrogens with zero attached hydrogens (tertiary/aromatic N) is 1. The van der Waals surface area contributed by atoms with Crippen LogP contribution in [0.4, 0.5) is 4.79 Å². The minimum absolute atomic E-state index is 0.261. The Morgan fingerprint density at radius 3 is 2.56 bits per heavy atom. The van der Waals surface area contributed by atoms with E-state index in [0.717, 1.165) is 11.1 Å². The number of carbonyl (C=O) groups is 1. The van der Waals surface area contributed by atoms with E-state index in [2.05, 4.69) is 11.8 Å². The first kappa shape index (κ1) is 12.5. The van der Waals surface area contributed by atoms with Crippen LogP contribution >= 0.6 is 0 Å². The molecule has 2 N–H and O–H groups in total. The van der Waals surface area contributed by atoms with E-state index in [1.165, 1.54) is 0 Å². The molecule has 0 radical (unpaired) electrons. The van der Waals surface area contributed by atoms with Gasteiger partial charge < -0.3 is 15.4 Å². The predicted molar refractivity (Wildman–Crippen MR) is 63.5 cm³/mol.